The van der Waals surface area contributed by atoms with E-state index in [9.17, 15) is 0 Å². The summed E-state index contributed by atoms with van der Waals surface area (Å²) in [6, 6.07) is 12.3. The Morgan fingerprint density at radius 3 is 2.84 bits per heavy atom. The molecule has 2 atom stereocenters. The van der Waals surface area contributed by atoms with E-state index in [2.05, 4.69) is 17.1 Å². The molecular weight excluding hydrogens is 236 g/mol. The Kier molecular flexibility index (Phi) is 3.47. The normalized spacial score (nSPS) is 19.3. The second-order valence-electron chi connectivity index (χ2n) is 4.99. The number of ether oxygens (including phenoxy) is 1. The van der Waals surface area contributed by atoms with E-state index in [0.29, 0.717) is 5.92 Å². The second-order valence-corrected chi connectivity index (χ2v) is 4.99. The zero-order valence-corrected chi connectivity index (χ0v) is 10.8. The largest absolute Gasteiger partial charge is 0.493 e. The van der Waals surface area contributed by atoms with Crippen LogP contribution in [-0.4, -0.2) is 11.6 Å². The summed E-state index contributed by atoms with van der Waals surface area (Å²) in [5.74, 6) is 1.49. The minimum atomic E-state index is 0.0548. The number of nitrogens with two attached hydrogens (primary N) is 1. The number of benzene rings is 1. The predicted molar refractivity (Wildman–Crippen MR) is 75.1 cm³/mol. The molecule has 0 spiro atoms. The number of hydrogen-bond donors (Lipinski definition) is 1. The number of hydrogen-bond acceptors (Lipinski definition) is 3. The van der Waals surface area contributed by atoms with Gasteiger partial charge in [0.25, 0.3) is 0 Å². The van der Waals surface area contributed by atoms with Crippen molar-refractivity contribution in [1.82, 2.24) is 4.98 Å². The van der Waals surface area contributed by atoms with Crippen molar-refractivity contribution in [2.45, 2.75) is 24.8 Å². The molecule has 1 aliphatic rings. The van der Waals surface area contributed by atoms with Crippen molar-refractivity contribution in [1.29, 1.82) is 0 Å². The van der Waals surface area contributed by atoms with E-state index >= 15 is 0 Å². The van der Waals surface area contributed by atoms with Crippen molar-refractivity contribution >= 4 is 0 Å². The molecule has 2 N–H and O–H groups in total. The monoisotopic (exact) mass is 254 g/mol. The van der Waals surface area contributed by atoms with E-state index in [4.69, 9.17) is 10.5 Å². The molecule has 2 aromatic rings. The zero-order valence-electron chi connectivity index (χ0n) is 10.8. The zero-order chi connectivity index (χ0) is 13.1. The topological polar surface area (TPSA) is 48.1 Å². The highest BCUT2D eigenvalue weighted by Crippen LogP contribution is 2.38. The molecule has 0 bridgehead atoms. The average Bonchev–Trinajstić information content (AvgIpc) is 2.48. The number of nitrogens with zero attached hydrogens (tertiary/aromatic N) is 1. The molecule has 1 aromatic heterocycles. The van der Waals surface area contributed by atoms with Crippen molar-refractivity contribution in [3.63, 3.8) is 0 Å². The Labute approximate surface area is 113 Å². The van der Waals surface area contributed by atoms with E-state index in [1.807, 2.05) is 24.3 Å². The summed E-state index contributed by atoms with van der Waals surface area (Å²) in [4.78, 5) is 4.03. The summed E-state index contributed by atoms with van der Waals surface area (Å²) in [5, 5.41) is 0. The smallest absolute Gasteiger partial charge is 0.122 e. The Morgan fingerprint density at radius 1 is 1.21 bits per heavy atom. The lowest BCUT2D eigenvalue weighted by Crippen LogP contribution is -2.20. The maximum Gasteiger partial charge on any atom is 0.122 e. The third kappa shape index (κ3) is 2.61. The molecule has 0 fully saturated rings. The van der Waals surface area contributed by atoms with Gasteiger partial charge in [0, 0.05) is 18.4 Å². The molecule has 0 amide bonds. The average molecular weight is 254 g/mol. The maximum atomic E-state index is 6.31. The van der Waals surface area contributed by atoms with Crippen LogP contribution in [0.1, 0.15) is 35.9 Å². The van der Waals surface area contributed by atoms with Crippen LogP contribution in [0.2, 0.25) is 0 Å². The van der Waals surface area contributed by atoms with Crippen LogP contribution >= 0.6 is 0 Å². The molecule has 2 heterocycles. The lowest BCUT2D eigenvalue weighted by atomic mass is 9.86. The van der Waals surface area contributed by atoms with Crippen molar-refractivity contribution in [2.24, 2.45) is 5.73 Å². The fourth-order valence-electron chi connectivity index (χ4n) is 2.71. The van der Waals surface area contributed by atoms with Crippen LogP contribution in [0, 0.1) is 0 Å². The molecule has 2 unspecified atom stereocenters. The van der Waals surface area contributed by atoms with Crippen molar-refractivity contribution in [2.75, 3.05) is 6.61 Å². The molecule has 98 valence electrons. The van der Waals surface area contributed by atoms with Crippen molar-refractivity contribution in [3.8, 4) is 5.75 Å². The van der Waals surface area contributed by atoms with Gasteiger partial charge in [-0.2, -0.15) is 0 Å². The van der Waals surface area contributed by atoms with Crippen LogP contribution in [0.3, 0.4) is 0 Å². The lowest BCUT2D eigenvalue weighted by Gasteiger charge is -2.28. The van der Waals surface area contributed by atoms with Crippen molar-refractivity contribution < 1.29 is 4.74 Å². The first kappa shape index (κ1) is 12.2. The number of para-hydroxylation sites is 1. The minimum Gasteiger partial charge on any atom is -0.493 e. The van der Waals surface area contributed by atoms with E-state index in [1.54, 1.807) is 12.4 Å². The molecule has 3 heteroatoms. The van der Waals surface area contributed by atoms with Gasteiger partial charge in [0.05, 0.1) is 6.61 Å². The Bertz CT molecular complexity index is 541. The highest BCUT2D eigenvalue weighted by Gasteiger charge is 2.23. The quantitative estimate of drug-likeness (QED) is 0.915. The summed E-state index contributed by atoms with van der Waals surface area (Å²) in [5.41, 5.74) is 8.76. The van der Waals surface area contributed by atoms with Crippen LogP contribution in [0.5, 0.6) is 5.75 Å². The predicted octanol–water partition coefficient (Wildman–Crippen LogP) is 3.04. The first-order valence-electron chi connectivity index (χ1n) is 6.72. The molecule has 3 nitrogen and oxygen atoms in total. The van der Waals surface area contributed by atoms with Gasteiger partial charge >= 0.3 is 0 Å². The highest BCUT2D eigenvalue weighted by molar-refractivity contribution is 5.38. The molecule has 0 saturated heterocycles. The summed E-state index contributed by atoms with van der Waals surface area (Å²) < 4.78 is 5.69. The molecule has 0 aliphatic carbocycles. The van der Waals surface area contributed by atoms with Gasteiger partial charge in [-0.15, -0.1) is 0 Å². The minimum absolute atomic E-state index is 0.0548. The third-order valence-corrected chi connectivity index (χ3v) is 3.76. The van der Waals surface area contributed by atoms with Crippen LogP contribution < -0.4 is 10.5 Å². The Hall–Kier alpha value is -1.87. The molecular formula is C16H18N2O. The first-order valence-corrected chi connectivity index (χ1v) is 6.72. The van der Waals surface area contributed by atoms with E-state index in [1.165, 1.54) is 5.56 Å². The van der Waals surface area contributed by atoms with Crippen LogP contribution in [0.4, 0.5) is 0 Å². The number of pyridine rings is 1. The van der Waals surface area contributed by atoms with Crippen LogP contribution in [-0.2, 0) is 0 Å². The Morgan fingerprint density at radius 2 is 2.00 bits per heavy atom. The van der Waals surface area contributed by atoms with Crippen molar-refractivity contribution in [3.05, 3.63) is 59.9 Å². The van der Waals surface area contributed by atoms with Gasteiger partial charge in [0.15, 0.2) is 0 Å². The SMILES string of the molecule is NC(CC1CCOc2ccccc21)c1ccncc1. The lowest BCUT2D eigenvalue weighted by molar-refractivity contribution is 0.259. The third-order valence-electron chi connectivity index (χ3n) is 3.76. The summed E-state index contributed by atoms with van der Waals surface area (Å²) in [6.45, 7) is 0.782. The molecule has 3 rings (SSSR count). The van der Waals surface area contributed by atoms with Gasteiger partial charge < -0.3 is 10.5 Å². The summed E-state index contributed by atoms with van der Waals surface area (Å²) in [6.07, 6.45) is 5.58. The van der Waals surface area contributed by atoms with Gasteiger partial charge in [-0.25, -0.2) is 0 Å². The number of rotatable bonds is 3. The summed E-state index contributed by atoms with van der Waals surface area (Å²) >= 11 is 0. The van der Waals surface area contributed by atoms with Gasteiger partial charge in [-0.1, -0.05) is 18.2 Å². The fourth-order valence-corrected chi connectivity index (χ4v) is 2.71. The molecule has 0 radical (unpaired) electrons. The molecule has 19 heavy (non-hydrogen) atoms. The van der Waals surface area contributed by atoms with E-state index < -0.39 is 0 Å². The van der Waals surface area contributed by atoms with Gasteiger partial charge in [-0.3, -0.25) is 4.98 Å². The molecule has 1 aliphatic heterocycles. The summed E-state index contributed by atoms with van der Waals surface area (Å²) in [7, 11) is 0. The molecule has 0 saturated carbocycles. The van der Waals surface area contributed by atoms with Gasteiger partial charge in [0.1, 0.15) is 5.75 Å². The highest BCUT2D eigenvalue weighted by atomic mass is 16.5. The fraction of sp³-hybridized carbons (Fsp3) is 0.312. The maximum absolute atomic E-state index is 6.31. The number of fused-ring (bicyclic) bond motifs is 1. The van der Waals surface area contributed by atoms with E-state index in [0.717, 1.165) is 30.8 Å². The molecule has 1 aromatic carbocycles. The van der Waals surface area contributed by atoms with Crippen LogP contribution in [0.25, 0.3) is 0 Å². The van der Waals surface area contributed by atoms with Crippen LogP contribution in [0.15, 0.2) is 48.8 Å². The second kappa shape index (κ2) is 5.41. The standard InChI is InChI=1S/C16H18N2O/c17-15(12-5-8-18-9-6-12)11-13-7-10-19-16-4-2-1-3-14(13)16/h1-6,8-9,13,15H,7,10-11,17H2. The van der Waals surface area contributed by atoms with Gasteiger partial charge in [-0.05, 0) is 48.1 Å². The van der Waals surface area contributed by atoms with E-state index in [-0.39, 0.29) is 6.04 Å². The number of aromatic nitrogens is 1. The first-order chi connectivity index (χ1) is 9.34. The van der Waals surface area contributed by atoms with Gasteiger partial charge in [0.2, 0.25) is 0 Å². The Balaban J connectivity index is 1.78.